The van der Waals surface area contributed by atoms with Crippen molar-refractivity contribution in [3.05, 3.63) is 59.4 Å². The molecule has 1 unspecified atom stereocenters. The number of anilines is 1. The standard InChI is InChI=1S/C26H30F4N2O5S/c1-25(35,26(28,29)30)18-5-13-23-17(14-18)2-8-20(15-31-24(34)16-3-9-21(33)10-4-16)32(23)38(36,37)22-11-6-19(27)7-12-22/h5-7,11-14,16,20-21,33,35H,2-4,8-10,15H2,1H3,(H,31,34)/t16-,20-,21+,25?/m0/s1. The molecule has 0 saturated heterocycles. The number of rotatable bonds is 6. The molecule has 208 valence electrons. The first-order chi connectivity index (χ1) is 17.7. The monoisotopic (exact) mass is 558 g/mol. The number of halogens is 4. The van der Waals surface area contributed by atoms with Gasteiger partial charge in [-0.2, -0.15) is 13.2 Å². The largest absolute Gasteiger partial charge is 0.421 e. The van der Waals surface area contributed by atoms with E-state index in [1.54, 1.807) is 0 Å². The Hall–Kier alpha value is -2.70. The summed E-state index contributed by atoms with van der Waals surface area (Å²) in [4.78, 5) is 12.6. The molecule has 1 aliphatic carbocycles. The first kappa shape index (κ1) is 28.3. The molecule has 2 aromatic carbocycles. The van der Waals surface area contributed by atoms with Crippen LogP contribution in [0.1, 0.15) is 50.2 Å². The van der Waals surface area contributed by atoms with Crippen LogP contribution in [-0.4, -0.2) is 49.4 Å². The number of sulfonamides is 1. The molecule has 0 radical (unpaired) electrons. The van der Waals surface area contributed by atoms with Gasteiger partial charge in [0.25, 0.3) is 10.0 Å². The van der Waals surface area contributed by atoms with Crippen molar-refractivity contribution in [2.45, 2.75) is 74.3 Å². The highest BCUT2D eigenvalue weighted by Gasteiger charge is 2.51. The highest BCUT2D eigenvalue weighted by atomic mass is 32.2. The van der Waals surface area contributed by atoms with Gasteiger partial charge in [0, 0.05) is 12.5 Å². The molecule has 3 N–H and O–H groups in total. The minimum Gasteiger partial charge on any atom is -0.393 e. The number of benzene rings is 2. The third-order valence-corrected chi connectivity index (χ3v) is 9.34. The number of carbonyl (C=O) groups excluding carboxylic acids is 1. The van der Waals surface area contributed by atoms with Crippen LogP contribution in [0, 0.1) is 11.7 Å². The fraction of sp³-hybridized carbons (Fsp3) is 0.500. The fourth-order valence-electron chi connectivity index (χ4n) is 5.03. The van der Waals surface area contributed by atoms with Gasteiger partial charge in [-0.15, -0.1) is 0 Å². The predicted molar refractivity (Wildman–Crippen MR) is 131 cm³/mol. The van der Waals surface area contributed by atoms with E-state index in [0.29, 0.717) is 38.2 Å². The van der Waals surface area contributed by atoms with Gasteiger partial charge >= 0.3 is 6.18 Å². The third-order valence-electron chi connectivity index (χ3n) is 7.46. The van der Waals surface area contributed by atoms with E-state index in [1.165, 1.54) is 6.07 Å². The number of fused-ring (bicyclic) bond motifs is 1. The number of aliphatic hydroxyl groups excluding tert-OH is 1. The average Bonchev–Trinajstić information content (AvgIpc) is 2.86. The van der Waals surface area contributed by atoms with Crippen molar-refractivity contribution in [3.63, 3.8) is 0 Å². The van der Waals surface area contributed by atoms with Crippen LogP contribution >= 0.6 is 0 Å². The summed E-state index contributed by atoms with van der Waals surface area (Å²) in [5.41, 5.74) is -3.14. The molecule has 2 atom stereocenters. The van der Waals surface area contributed by atoms with Gasteiger partial charge in [0.2, 0.25) is 5.91 Å². The van der Waals surface area contributed by atoms with Gasteiger partial charge in [0.15, 0.2) is 5.60 Å². The van der Waals surface area contributed by atoms with E-state index in [4.69, 9.17) is 0 Å². The van der Waals surface area contributed by atoms with Crippen LogP contribution in [-0.2, 0) is 26.8 Å². The summed E-state index contributed by atoms with van der Waals surface area (Å²) < 4.78 is 82.4. The third kappa shape index (κ3) is 5.52. The maximum atomic E-state index is 13.7. The number of nitrogens with zero attached hydrogens (tertiary/aromatic N) is 1. The van der Waals surface area contributed by atoms with Crippen LogP contribution in [0.25, 0.3) is 0 Å². The van der Waals surface area contributed by atoms with Gasteiger partial charge in [-0.1, -0.05) is 12.1 Å². The van der Waals surface area contributed by atoms with Crippen molar-refractivity contribution in [2.24, 2.45) is 5.92 Å². The summed E-state index contributed by atoms with van der Waals surface area (Å²) in [5, 5.41) is 22.6. The summed E-state index contributed by atoms with van der Waals surface area (Å²) in [5.74, 6) is -1.19. The maximum Gasteiger partial charge on any atom is 0.421 e. The second-order valence-corrected chi connectivity index (χ2v) is 11.9. The van der Waals surface area contributed by atoms with Gasteiger partial charge in [-0.3, -0.25) is 9.10 Å². The van der Waals surface area contributed by atoms with Gasteiger partial charge < -0.3 is 15.5 Å². The Bertz CT molecular complexity index is 1270. The molecule has 0 spiro atoms. The number of hydrogen-bond donors (Lipinski definition) is 3. The van der Waals surface area contributed by atoms with Crippen molar-refractivity contribution in [1.29, 1.82) is 0 Å². The van der Waals surface area contributed by atoms with Crippen LogP contribution in [0.15, 0.2) is 47.4 Å². The quantitative estimate of drug-likeness (QED) is 0.468. The minimum absolute atomic E-state index is 0.0419. The Kier molecular flexibility index (Phi) is 7.79. The number of hydrogen-bond acceptors (Lipinski definition) is 5. The highest BCUT2D eigenvalue weighted by Crippen LogP contribution is 2.42. The molecule has 1 heterocycles. The predicted octanol–water partition coefficient (Wildman–Crippen LogP) is 3.77. The topological polar surface area (TPSA) is 107 Å². The molecule has 1 amide bonds. The first-order valence-corrected chi connectivity index (χ1v) is 13.8. The van der Waals surface area contributed by atoms with E-state index in [2.05, 4.69) is 5.32 Å². The lowest BCUT2D eigenvalue weighted by molar-refractivity contribution is -0.258. The van der Waals surface area contributed by atoms with Crippen LogP contribution < -0.4 is 9.62 Å². The highest BCUT2D eigenvalue weighted by molar-refractivity contribution is 7.92. The van der Waals surface area contributed by atoms with Crippen LogP contribution in [0.4, 0.5) is 23.2 Å². The summed E-state index contributed by atoms with van der Waals surface area (Å²) >= 11 is 0. The molecule has 1 fully saturated rings. The number of aryl methyl sites for hydroxylation is 1. The van der Waals surface area contributed by atoms with E-state index >= 15 is 0 Å². The van der Waals surface area contributed by atoms with E-state index in [-0.39, 0.29) is 41.8 Å². The summed E-state index contributed by atoms with van der Waals surface area (Å²) in [6.07, 6.45) is -2.95. The Morgan fingerprint density at radius 2 is 1.68 bits per heavy atom. The Morgan fingerprint density at radius 3 is 2.29 bits per heavy atom. The van der Waals surface area contributed by atoms with Crippen LogP contribution in [0.5, 0.6) is 0 Å². The van der Waals surface area contributed by atoms with Gasteiger partial charge in [0.1, 0.15) is 5.82 Å². The van der Waals surface area contributed by atoms with Crippen molar-refractivity contribution < 1.29 is 41.0 Å². The normalized spacial score (nSPS) is 23.9. The van der Waals surface area contributed by atoms with Crippen LogP contribution in [0.2, 0.25) is 0 Å². The molecule has 7 nitrogen and oxygen atoms in total. The second kappa shape index (κ2) is 10.5. The Balaban J connectivity index is 1.67. The van der Waals surface area contributed by atoms with E-state index in [1.807, 2.05) is 0 Å². The van der Waals surface area contributed by atoms with Crippen molar-refractivity contribution in [2.75, 3.05) is 10.8 Å². The lowest BCUT2D eigenvalue weighted by Crippen LogP contribution is -2.50. The zero-order valence-electron chi connectivity index (χ0n) is 20.7. The smallest absolute Gasteiger partial charge is 0.393 e. The molecule has 1 saturated carbocycles. The fourth-order valence-corrected chi connectivity index (χ4v) is 6.75. The van der Waals surface area contributed by atoms with Gasteiger partial charge in [0.05, 0.1) is 22.7 Å². The Labute approximate surface area is 218 Å². The molecule has 2 aliphatic rings. The van der Waals surface area contributed by atoms with Gasteiger partial charge in [-0.05, 0) is 86.9 Å². The molecular weight excluding hydrogens is 528 g/mol. The maximum absolute atomic E-state index is 13.7. The molecular formula is C26H30F4N2O5S. The average molecular weight is 559 g/mol. The van der Waals surface area contributed by atoms with Crippen molar-refractivity contribution >= 4 is 21.6 Å². The molecule has 0 bridgehead atoms. The molecule has 38 heavy (non-hydrogen) atoms. The lowest BCUT2D eigenvalue weighted by atomic mass is 9.86. The van der Waals surface area contributed by atoms with E-state index in [0.717, 1.165) is 40.7 Å². The zero-order valence-corrected chi connectivity index (χ0v) is 21.5. The number of amides is 1. The lowest BCUT2D eigenvalue weighted by Gasteiger charge is -2.39. The summed E-state index contributed by atoms with van der Waals surface area (Å²) in [6.45, 7) is 0.590. The summed E-state index contributed by atoms with van der Waals surface area (Å²) in [7, 11) is -4.30. The zero-order chi connectivity index (χ0) is 27.9. The van der Waals surface area contributed by atoms with E-state index in [9.17, 15) is 41.0 Å². The Morgan fingerprint density at radius 1 is 1.05 bits per heavy atom. The molecule has 2 aromatic rings. The number of nitrogens with one attached hydrogen (secondary N) is 1. The number of alkyl halides is 3. The van der Waals surface area contributed by atoms with E-state index < -0.39 is 45.3 Å². The second-order valence-electron chi connectivity index (χ2n) is 10.1. The molecule has 12 heteroatoms. The SMILES string of the molecule is CC(O)(c1ccc2c(c1)CC[C@@H](CNC(=O)[C@H]1CC[C@@H](O)CC1)N2S(=O)(=O)c1ccc(F)cc1)C(F)(F)F. The first-order valence-electron chi connectivity index (χ1n) is 12.4. The molecule has 1 aliphatic heterocycles. The van der Waals surface area contributed by atoms with Crippen LogP contribution in [0.3, 0.4) is 0 Å². The molecule has 0 aromatic heterocycles. The summed E-state index contributed by atoms with van der Waals surface area (Å²) in [6, 6.07) is 6.85. The van der Waals surface area contributed by atoms with Crippen molar-refractivity contribution in [1.82, 2.24) is 5.32 Å². The molecule has 4 rings (SSSR count). The number of aliphatic hydroxyl groups is 2. The number of carbonyl (C=O) groups is 1. The van der Waals surface area contributed by atoms with Gasteiger partial charge in [-0.25, -0.2) is 12.8 Å². The van der Waals surface area contributed by atoms with Crippen molar-refractivity contribution in [3.8, 4) is 0 Å². The minimum atomic E-state index is -4.95.